The number of benzene rings is 3. The van der Waals surface area contributed by atoms with Crippen molar-refractivity contribution in [2.45, 2.75) is 51.8 Å². The molecule has 10 heteroatoms. The van der Waals surface area contributed by atoms with Gasteiger partial charge in [-0.2, -0.15) is 9.94 Å². The summed E-state index contributed by atoms with van der Waals surface area (Å²) in [5, 5.41) is 18.7. The van der Waals surface area contributed by atoms with Crippen LogP contribution in [0.4, 0.5) is 9.59 Å². The Kier molecular flexibility index (Phi) is 8.71. The number of carbonyl (C=O) groups excluding carboxylic acids is 2. The molecule has 4 aromatic rings. The van der Waals surface area contributed by atoms with Gasteiger partial charge < -0.3 is 19.3 Å². The van der Waals surface area contributed by atoms with Crippen LogP contribution < -0.4 is 4.74 Å². The van der Waals surface area contributed by atoms with E-state index in [2.05, 4.69) is 16.4 Å². The van der Waals surface area contributed by atoms with Gasteiger partial charge in [-0.3, -0.25) is 0 Å². The number of amides is 2. The fourth-order valence-electron chi connectivity index (χ4n) is 5.01. The summed E-state index contributed by atoms with van der Waals surface area (Å²) in [5.74, 6) is 1.11. The Morgan fingerprint density at radius 1 is 0.953 bits per heavy atom. The Morgan fingerprint density at radius 3 is 2.23 bits per heavy atom. The summed E-state index contributed by atoms with van der Waals surface area (Å²) in [6, 6.07) is 27.6. The molecule has 1 aromatic heterocycles. The van der Waals surface area contributed by atoms with Gasteiger partial charge in [-0.25, -0.2) is 9.59 Å². The van der Waals surface area contributed by atoms with Crippen molar-refractivity contribution >= 4 is 12.1 Å². The molecule has 3 aromatic carbocycles. The lowest BCUT2D eigenvalue weighted by Gasteiger charge is -2.38. The van der Waals surface area contributed by atoms with Crippen LogP contribution in [0.3, 0.4) is 0 Å². The zero-order valence-corrected chi connectivity index (χ0v) is 24.5. The summed E-state index contributed by atoms with van der Waals surface area (Å²) in [4.78, 5) is 30.2. The lowest BCUT2D eigenvalue weighted by Crippen LogP contribution is -2.50. The molecule has 2 amide bonds. The lowest BCUT2D eigenvalue weighted by molar-refractivity contribution is 0.0160. The number of rotatable bonds is 6. The molecule has 43 heavy (non-hydrogen) atoms. The molecule has 2 heterocycles. The fourth-order valence-corrected chi connectivity index (χ4v) is 5.01. The number of carbonyl (C=O) groups is 2. The molecule has 1 saturated heterocycles. The number of likely N-dealkylation sites (tertiary alicyclic amines) is 1. The highest BCUT2D eigenvalue weighted by molar-refractivity contribution is 5.81. The molecule has 0 N–H and O–H groups in total. The van der Waals surface area contributed by atoms with E-state index in [1.165, 1.54) is 0 Å². The summed E-state index contributed by atoms with van der Waals surface area (Å²) in [6.07, 6.45) is 0.736. The van der Waals surface area contributed by atoms with Crippen LogP contribution in [0.15, 0.2) is 84.9 Å². The SMILES string of the molecule is CC(C)(C)OC(=O)N1CCC(N(Cc2ccccc2)C(=O)n2nnc(-c3ccccc3Oc3ccccc3)c2C#N)CC1. The number of para-hydroxylation sites is 2. The van der Waals surface area contributed by atoms with Gasteiger partial charge in [0.2, 0.25) is 0 Å². The molecule has 0 radical (unpaired) electrons. The smallest absolute Gasteiger partial charge is 0.410 e. The van der Waals surface area contributed by atoms with Gasteiger partial charge >= 0.3 is 12.1 Å². The van der Waals surface area contributed by atoms with Crippen molar-refractivity contribution < 1.29 is 19.1 Å². The first-order chi connectivity index (χ1) is 20.7. The first-order valence-electron chi connectivity index (χ1n) is 14.2. The molecule has 5 rings (SSSR count). The van der Waals surface area contributed by atoms with Crippen LogP contribution in [0.2, 0.25) is 0 Å². The summed E-state index contributed by atoms with van der Waals surface area (Å²) in [7, 11) is 0. The largest absolute Gasteiger partial charge is 0.457 e. The van der Waals surface area contributed by atoms with Gasteiger partial charge in [-0.05, 0) is 63.4 Å². The standard InChI is InChI=1S/C33H34N6O4/c1-33(2,3)43-32(41)37-20-18-25(19-21-37)38(23-24-12-6-4-7-13-24)31(40)39-28(22-34)30(35-36-39)27-16-10-11-17-29(27)42-26-14-8-5-9-15-26/h4-17,25H,18-21,23H2,1-3H3. The predicted molar refractivity (Wildman–Crippen MR) is 160 cm³/mol. The molecule has 0 bridgehead atoms. The Labute approximate surface area is 251 Å². The van der Waals surface area contributed by atoms with E-state index in [0.717, 1.165) is 10.2 Å². The monoisotopic (exact) mass is 578 g/mol. The van der Waals surface area contributed by atoms with Crippen LogP contribution in [0, 0.1) is 11.3 Å². The van der Waals surface area contributed by atoms with Gasteiger partial charge in [0, 0.05) is 31.2 Å². The highest BCUT2D eigenvalue weighted by Gasteiger charge is 2.34. The minimum absolute atomic E-state index is 0.0124. The zero-order valence-electron chi connectivity index (χ0n) is 24.5. The van der Waals surface area contributed by atoms with Gasteiger partial charge in [0.25, 0.3) is 0 Å². The fraction of sp³-hybridized carbons (Fsp3) is 0.303. The maximum absolute atomic E-state index is 14.2. The van der Waals surface area contributed by atoms with Crippen LogP contribution >= 0.6 is 0 Å². The lowest BCUT2D eigenvalue weighted by atomic mass is 10.0. The number of nitriles is 1. The van der Waals surface area contributed by atoms with Crippen LogP contribution in [0.5, 0.6) is 11.5 Å². The number of hydrogen-bond donors (Lipinski definition) is 0. The predicted octanol–water partition coefficient (Wildman–Crippen LogP) is 6.48. The van der Waals surface area contributed by atoms with Gasteiger partial charge in [0.15, 0.2) is 5.69 Å². The third-order valence-corrected chi connectivity index (χ3v) is 7.07. The number of nitrogens with zero attached hydrogens (tertiary/aromatic N) is 6. The minimum Gasteiger partial charge on any atom is -0.457 e. The molecule has 1 fully saturated rings. The summed E-state index contributed by atoms with van der Waals surface area (Å²) >= 11 is 0. The van der Waals surface area contributed by atoms with E-state index in [9.17, 15) is 14.9 Å². The van der Waals surface area contributed by atoms with Crippen LogP contribution in [0.1, 0.15) is 44.9 Å². The first kappa shape index (κ1) is 29.3. The summed E-state index contributed by atoms with van der Waals surface area (Å²) in [5.41, 5.74) is 1.15. The second-order valence-electron chi connectivity index (χ2n) is 11.3. The van der Waals surface area contributed by atoms with Gasteiger partial charge in [0.05, 0.1) is 0 Å². The number of ether oxygens (including phenoxy) is 2. The maximum atomic E-state index is 14.2. The van der Waals surface area contributed by atoms with E-state index in [-0.39, 0.29) is 23.5 Å². The van der Waals surface area contributed by atoms with E-state index in [1.807, 2.05) is 93.6 Å². The molecule has 0 saturated carbocycles. The topological polar surface area (TPSA) is 114 Å². The average molecular weight is 579 g/mol. The van der Waals surface area contributed by atoms with Gasteiger partial charge in [-0.1, -0.05) is 65.9 Å². The van der Waals surface area contributed by atoms with E-state index >= 15 is 0 Å². The molecule has 0 spiro atoms. The zero-order chi connectivity index (χ0) is 30.4. The van der Waals surface area contributed by atoms with Crippen molar-refractivity contribution in [1.29, 1.82) is 5.26 Å². The molecule has 1 aliphatic heterocycles. The second kappa shape index (κ2) is 12.8. The molecule has 0 unspecified atom stereocenters. The maximum Gasteiger partial charge on any atom is 0.410 e. The molecular formula is C33H34N6O4. The number of piperidine rings is 1. The van der Waals surface area contributed by atoms with Crippen LogP contribution in [0.25, 0.3) is 11.3 Å². The Bertz CT molecular complexity index is 1600. The molecule has 0 atom stereocenters. The second-order valence-corrected chi connectivity index (χ2v) is 11.3. The minimum atomic E-state index is -0.591. The van der Waals surface area contributed by atoms with Crippen molar-refractivity contribution in [2.24, 2.45) is 0 Å². The molecule has 1 aliphatic rings. The van der Waals surface area contributed by atoms with Crippen LogP contribution in [-0.4, -0.2) is 61.7 Å². The van der Waals surface area contributed by atoms with E-state index < -0.39 is 11.6 Å². The molecule has 220 valence electrons. The highest BCUT2D eigenvalue weighted by atomic mass is 16.6. The van der Waals surface area contributed by atoms with Crippen molar-refractivity contribution in [2.75, 3.05) is 13.1 Å². The number of hydrogen-bond acceptors (Lipinski definition) is 7. The Morgan fingerprint density at radius 2 is 1.58 bits per heavy atom. The molecule has 10 nitrogen and oxygen atoms in total. The summed E-state index contributed by atoms with van der Waals surface area (Å²) < 4.78 is 12.7. The van der Waals surface area contributed by atoms with Crippen molar-refractivity contribution in [3.63, 3.8) is 0 Å². The quantitative estimate of drug-likeness (QED) is 0.257. The molecule has 0 aliphatic carbocycles. The van der Waals surface area contributed by atoms with Crippen molar-refractivity contribution in [3.8, 4) is 28.8 Å². The van der Waals surface area contributed by atoms with E-state index in [0.29, 0.717) is 49.5 Å². The van der Waals surface area contributed by atoms with Crippen molar-refractivity contribution in [1.82, 2.24) is 24.8 Å². The normalized spacial score (nSPS) is 13.7. The summed E-state index contributed by atoms with van der Waals surface area (Å²) in [6.45, 7) is 6.70. The highest BCUT2D eigenvalue weighted by Crippen LogP contribution is 2.34. The third-order valence-electron chi connectivity index (χ3n) is 7.07. The van der Waals surface area contributed by atoms with Gasteiger partial charge in [-0.15, -0.1) is 5.10 Å². The third kappa shape index (κ3) is 7.01. The average Bonchev–Trinajstić information content (AvgIpc) is 3.44. The molecular weight excluding hydrogens is 544 g/mol. The van der Waals surface area contributed by atoms with E-state index in [4.69, 9.17) is 9.47 Å². The Hall–Kier alpha value is -5.17. The Balaban J connectivity index is 1.43. The van der Waals surface area contributed by atoms with E-state index in [1.54, 1.807) is 21.9 Å². The van der Waals surface area contributed by atoms with Crippen molar-refractivity contribution in [3.05, 3.63) is 96.2 Å². The first-order valence-corrected chi connectivity index (χ1v) is 14.2. The number of aromatic nitrogens is 3. The van der Waals surface area contributed by atoms with Gasteiger partial charge in [0.1, 0.15) is 28.9 Å². The van der Waals surface area contributed by atoms with Crippen LogP contribution in [-0.2, 0) is 11.3 Å².